The maximum absolute atomic E-state index is 13.1. The fraction of sp³-hybridized carbons (Fsp3) is 0.0714. The second kappa shape index (κ2) is 5.92. The molecule has 1 aromatic heterocycles. The maximum Gasteiger partial charge on any atom is 0.272 e. The van der Waals surface area contributed by atoms with Crippen LogP contribution < -0.4 is 5.43 Å². The first-order chi connectivity index (χ1) is 9.58. The van der Waals surface area contributed by atoms with Gasteiger partial charge in [-0.1, -0.05) is 0 Å². The van der Waals surface area contributed by atoms with E-state index in [0.717, 1.165) is 12.1 Å². The summed E-state index contributed by atoms with van der Waals surface area (Å²) in [6.45, 7) is 1.55. The highest BCUT2D eigenvalue weighted by atomic mass is 19.1. The zero-order valence-electron chi connectivity index (χ0n) is 10.7. The van der Waals surface area contributed by atoms with E-state index < -0.39 is 11.7 Å². The fourth-order valence-corrected chi connectivity index (χ4v) is 1.55. The highest BCUT2D eigenvalue weighted by Crippen LogP contribution is 2.18. The Morgan fingerprint density at radius 3 is 2.90 bits per heavy atom. The number of carbonyl (C=O) groups excluding carboxylic acids is 1. The van der Waals surface area contributed by atoms with Gasteiger partial charge in [0.25, 0.3) is 5.91 Å². The third-order valence-corrected chi connectivity index (χ3v) is 2.60. The molecule has 0 atom stereocenters. The number of amides is 1. The largest absolute Gasteiger partial charge is 0.507 e. The van der Waals surface area contributed by atoms with Crippen molar-refractivity contribution >= 4 is 11.6 Å². The summed E-state index contributed by atoms with van der Waals surface area (Å²) >= 11 is 0. The molecule has 0 radical (unpaired) electrons. The molecule has 2 N–H and O–H groups in total. The Morgan fingerprint density at radius 2 is 2.20 bits per heavy atom. The number of aromatic hydroxyl groups is 1. The van der Waals surface area contributed by atoms with Gasteiger partial charge in [-0.05, 0) is 37.3 Å². The van der Waals surface area contributed by atoms with Gasteiger partial charge in [0.05, 0.1) is 11.3 Å². The molecule has 6 heteroatoms. The molecule has 0 aliphatic rings. The Labute approximate surface area is 114 Å². The third-order valence-electron chi connectivity index (χ3n) is 2.60. The molecule has 1 amide bonds. The van der Waals surface area contributed by atoms with Gasteiger partial charge in [0.15, 0.2) is 0 Å². The lowest BCUT2D eigenvalue weighted by Crippen LogP contribution is -2.19. The minimum Gasteiger partial charge on any atom is -0.507 e. The van der Waals surface area contributed by atoms with Crippen LogP contribution in [0.3, 0.4) is 0 Å². The summed E-state index contributed by atoms with van der Waals surface area (Å²) < 4.78 is 13.1. The van der Waals surface area contributed by atoms with E-state index in [4.69, 9.17) is 0 Å². The zero-order chi connectivity index (χ0) is 14.5. The summed E-state index contributed by atoms with van der Waals surface area (Å²) in [6.07, 6.45) is 2.95. The molecular weight excluding hydrogens is 261 g/mol. The molecule has 1 aromatic carbocycles. The number of carbonyl (C=O) groups is 1. The van der Waals surface area contributed by atoms with Crippen molar-refractivity contribution in [3.05, 3.63) is 59.7 Å². The van der Waals surface area contributed by atoms with Gasteiger partial charge in [0, 0.05) is 18.0 Å². The number of halogens is 1. The normalized spacial score (nSPS) is 11.2. The summed E-state index contributed by atoms with van der Waals surface area (Å²) in [5.74, 6) is -1.04. The van der Waals surface area contributed by atoms with Gasteiger partial charge in [0.2, 0.25) is 0 Å². The van der Waals surface area contributed by atoms with E-state index in [1.54, 1.807) is 25.3 Å². The van der Waals surface area contributed by atoms with Gasteiger partial charge in [-0.15, -0.1) is 0 Å². The van der Waals surface area contributed by atoms with Crippen LogP contribution in [-0.4, -0.2) is 21.7 Å². The molecule has 0 fully saturated rings. The molecule has 0 unspecified atom stereocenters. The number of hydrogen-bond acceptors (Lipinski definition) is 4. The van der Waals surface area contributed by atoms with E-state index in [1.165, 1.54) is 12.3 Å². The molecule has 5 nitrogen and oxygen atoms in total. The number of phenols is 1. The number of hydrazone groups is 1. The maximum atomic E-state index is 13.1. The Morgan fingerprint density at radius 1 is 1.40 bits per heavy atom. The first-order valence-corrected chi connectivity index (χ1v) is 5.81. The van der Waals surface area contributed by atoms with Crippen LogP contribution in [0.2, 0.25) is 0 Å². The van der Waals surface area contributed by atoms with Crippen LogP contribution in [0.5, 0.6) is 5.75 Å². The standard InChI is InChI=1S/C14H12FN3O2/c1-9(12-7-11(15)4-5-13(12)19)17-18-14(20)10-3-2-6-16-8-10/h2-8,19H,1H3,(H,18,20). The highest BCUT2D eigenvalue weighted by Gasteiger charge is 2.08. The molecule has 0 spiro atoms. The average Bonchev–Trinajstić information content (AvgIpc) is 2.47. The van der Waals surface area contributed by atoms with Crippen LogP contribution in [0.15, 0.2) is 47.8 Å². The Kier molecular flexibility index (Phi) is 4.05. The van der Waals surface area contributed by atoms with Crippen molar-refractivity contribution in [3.63, 3.8) is 0 Å². The van der Waals surface area contributed by atoms with Crippen LogP contribution in [0.25, 0.3) is 0 Å². The molecule has 102 valence electrons. The Hall–Kier alpha value is -2.76. The van der Waals surface area contributed by atoms with Gasteiger partial charge < -0.3 is 5.11 Å². The first-order valence-electron chi connectivity index (χ1n) is 5.81. The van der Waals surface area contributed by atoms with E-state index >= 15 is 0 Å². The fourth-order valence-electron chi connectivity index (χ4n) is 1.55. The predicted molar refractivity (Wildman–Crippen MR) is 72.0 cm³/mol. The summed E-state index contributed by atoms with van der Waals surface area (Å²) in [7, 11) is 0. The lowest BCUT2D eigenvalue weighted by atomic mass is 10.1. The zero-order valence-corrected chi connectivity index (χ0v) is 10.7. The number of nitrogens with one attached hydrogen (secondary N) is 1. The molecule has 0 saturated carbocycles. The van der Waals surface area contributed by atoms with Gasteiger partial charge in [-0.2, -0.15) is 5.10 Å². The van der Waals surface area contributed by atoms with Gasteiger partial charge >= 0.3 is 0 Å². The second-order valence-corrected chi connectivity index (χ2v) is 4.04. The molecule has 1 heterocycles. The number of hydrogen-bond donors (Lipinski definition) is 2. The van der Waals surface area contributed by atoms with Crippen molar-refractivity contribution in [3.8, 4) is 5.75 Å². The van der Waals surface area contributed by atoms with Crippen molar-refractivity contribution < 1.29 is 14.3 Å². The van der Waals surface area contributed by atoms with Crippen molar-refractivity contribution in [2.24, 2.45) is 5.10 Å². The van der Waals surface area contributed by atoms with Crippen LogP contribution in [0.1, 0.15) is 22.8 Å². The van der Waals surface area contributed by atoms with Crippen molar-refractivity contribution in [2.45, 2.75) is 6.92 Å². The third kappa shape index (κ3) is 3.17. The van der Waals surface area contributed by atoms with Crippen molar-refractivity contribution in [1.29, 1.82) is 0 Å². The summed E-state index contributed by atoms with van der Waals surface area (Å²) in [6, 6.07) is 6.73. The van der Waals surface area contributed by atoms with Crippen LogP contribution in [0, 0.1) is 5.82 Å². The van der Waals surface area contributed by atoms with E-state index in [0.29, 0.717) is 11.3 Å². The topological polar surface area (TPSA) is 74.6 Å². The molecule has 2 aromatic rings. The molecule has 0 saturated heterocycles. The average molecular weight is 273 g/mol. The lowest BCUT2D eigenvalue weighted by molar-refractivity contribution is 0.0954. The van der Waals surface area contributed by atoms with Gasteiger partial charge in [-0.25, -0.2) is 9.82 Å². The van der Waals surface area contributed by atoms with Crippen LogP contribution >= 0.6 is 0 Å². The second-order valence-electron chi connectivity index (χ2n) is 4.04. The Balaban J connectivity index is 2.15. The molecule has 2 rings (SSSR count). The van der Waals surface area contributed by atoms with E-state index in [-0.39, 0.29) is 11.3 Å². The molecule has 0 aliphatic heterocycles. The smallest absolute Gasteiger partial charge is 0.272 e. The molecule has 0 aliphatic carbocycles. The van der Waals surface area contributed by atoms with Gasteiger partial charge in [0.1, 0.15) is 11.6 Å². The monoisotopic (exact) mass is 273 g/mol. The number of rotatable bonds is 3. The quantitative estimate of drug-likeness (QED) is 0.664. The number of nitrogens with zero attached hydrogens (tertiary/aromatic N) is 2. The highest BCUT2D eigenvalue weighted by molar-refractivity contribution is 6.02. The number of pyridine rings is 1. The molecule has 20 heavy (non-hydrogen) atoms. The van der Waals surface area contributed by atoms with Crippen LogP contribution in [-0.2, 0) is 0 Å². The Bertz CT molecular complexity index is 657. The summed E-state index contributed by atoms with van der Waals surface area (Å²) in [5.41, 5.74) is 3.18. The number of phenolic OH excluding ortho intramolecular Hbond substituents is 1. The van der Waals surface area contributed by atoms with E-state index in [9.17, 15) is 14.3 Å². The van der Waals surface area contributed by atoms with E-state index in [2.05, 4.69) is 15.5 Å². The first kappa shape index (κ1) is 13.7. The molecular formula is C14H12FN3O2. The van der Waals surface area contributed by atoms with Gasteiger partial charge in [-0.3, -0.25) is 9.78 Å². The van der Waals surface area contributed by atoms with Crippen molar-refractivity contribution in [1.82, 2.24) is 10.4 Å². The number of benzene rings is 1. The number of aromatic nitrogens is 1. The van der Waals surface area contributed by atoms with Crippen molar-refractivity contribution in [2.75, 3.05) is 0 Å². The SMILES string of the molecule is CC(=NNC(=O)c1cccnc1)c1cc(F)ccc1O. The molecule has 0 bridgehead atoms. The van der Waals surface area contributed by atoms with E-state index in [1.807, 2.05) is 0 Å². The van der Waals surface area contributed by atoms with Crippen LogP contribution in [0.4, 0.5) is 4.39 Å². The minimum absolute atomic E-state index is 0.108. The minimum atomic E-state index is -0.495. The summed E-state index contributed by atoms with van der Waals surface area (Å²) in [4.78, 5) is 15.6. The lowest BCUT2D eigenvalue weighted by Gasteiger charge is -2.05. The summed E-state index contributed by atoms with van der Waals surface area (Å²) in [5, 5.41) is 13.5. The predicted octanol–water partition coefficient (Wildman–Crippen LogP) is 2.08.